The maximum Gasteiger partial charge on any atom is 0.180 e. The van der Waals surface area contributed by atoms with Crippen molar-refractivity contribution in [3.05, 3.63) is 95.6 Å². The number of hydrogen-bond donors (Lipinski definition) is 1. The first-order valence-corrected chi connectivity index (χ1v) is 10.1. The number of carbonyl (C=O) groups is 1. The summed E-state index contributed by atoms with van der Waals surface area (Å²) in [5.74, 6) is -0.145. The van der Waals surface area contributed by atoms with E-state index < -0.39 is 0 Å². The average molecular weight is 391 g/mol. The number of benzene rings is 2. The molecule has 0 radical (unpaired) electrons. The van der Waals surface area contributed by atoms with Crippen LogP contribution in [0.3, 0.4) is 0 Å². The van der Waals surface area contributed by atoms with E-state index in [2.05, 4.69) is 34.5 Å². The highest BCUT2D eigenvalue weighted by atomic mass is 19.1. The molecule has 3 aromatic rings. The van der Waals surface area contributed by atoms with Crippen molar-refractivity contribution >= 4 is 5.78 Å². The number of nitrogens with zero attached hydrogens (tertiary/aromatic N) is 2. The van der Waals surface area contributed by atoms with E-state index in [1.807, 2.05) is 35.0 Å². The number of rotatable bonds is 7. The van der Waals surface area contributed by atoms with Gasteiger partial charge >= 0.3 is 0 Å². The highest BCUT2D eigenvalue weighted by Crippen LogP contribution is 2.18. The van der Waals surface area contributed by atoms with Crippen LogP contribution >= 0.6 is 0 Å². The maximum atomic E-state index is 14.0. The van der Waals surface area contributed by atoms with Crippen LogP contribution in [0.4, 0.5) is 4.39 Å². The average Bonchev–Trinajstić information content (AvgIpc) is 3.23. The normalized spacial score (nSPS) is 17.3. The molecule has 0 aliphatic carbocycles. The van der Waals surface area contributed by atoms with E-state index in [1.165, 1.54) is 11.6 Å². The van der Waals surface area contributed by atoms with Gasteiger partial charge in [0.05, 0.1) is 12.2 Å². The molecule has 4 rings (SSSR count). The van der Waals surface area contributed by atoms with Gasteiger partial charge in [0.15, 0.2) is 5.78 Å². The van der Waals surface area contributed by atoms with Gasteiger partial charge in [-0.05, 0) is 23.8 Å². The van der Waals surface area contributed by atoms with Gasteiger partial charge in [0, 0.05) is 50.4 Å². The molecule has 1 unspecified atom stereocenters. The molecule has 0 spiro atoms. The molecule has 1 atom stereocenters. The Kier molecular flexibility index (Phi) is 6.17. The van der Waals surface area contributed by atoms with Gasteiger partial charge in [-0.25, -0.2) is 4.39 Å². The molecule has 150 valence electrons. The van der Waals surface area contributed by atoms with Gasteiger partial charge in [-0.2, -0.15) is 0 Å². The summed E-state index contributed by atoms with van der Waals surface area (Å²) < 4.78 is 15.8. The summed E-state index contributed by atoms with van der Waals surface area (Å²) in [6, 6.07) is 21.1. The van der Waals surface area contributed by atoms with Crippen molar-refractivity contribution < 1.29 is 9.18 Å². The number of halogens is 1. The maximum absolute atomic E-state index is 14.0. The first-order chi connectivity index (χ1) is 14.2. The number of hydrogen-bond acceptors (Lipinski definition) is 3. The molecule has 1 N–H and O–H groups in total. The lowest BCUT2D eigenvalue weighted by Gasteiger charge is -2.33. The van der Waals surface area contributed by atoms with Crippen LogP contribution in [0.25, 0.3) is 0 Å². The fraction of sp³-hybridized carbons (Fsp3) is 0.292. The van der Waals surface area contributed by atoms with E-state index in [0.29, 0.717) is 30.3 Å². The lowest BCUT2D eigenvalue weighted by molar-refractivity contribution is 0.0945. The number of carbonyl (C=O) groups excluding carboxylic acids is 1. The summed E-state index contributed by atoms with van der Waals surface area (Å²) in [7, 11) is 0. The van der Waals surface area contributed by atoms with E-state index >= 15 is 0 Å². The van der Waals surface area contributed by atoms with Crippen molar-refractivity contribution in [1.82, 2.24) is 14.8 Å². The molecule has 0 amide bonds. The zero-order valence-corrected chi connectivity index (χ0v) is 16.4. The Labute approximate surface area is 171 Å². The standard InChI is InChI=1S/C24H26FN3O/c25-21-10-5-4-9-20(21)17-28-14-6-11-23(28)24(29)12-15-27-16-13-26-22(18-27)19-7-2-1-3-8-19/h1-11,14,22,26H,12-13,15-18H2. The molecule has 1 fully saturated rings. The fourth-order valence-electron chi connectivity index (χ4n) is 3.93. The van der Waals surface area contributed by atoms with Crippen LogP contribution in [-0.4, -0.2) is 41.4 Å². The summed E-state index contributed by atoms with van der Waals surface area (Å²) in [5.41, 5.74) is 2.51. The van der Waals surface area contributed by atoms with Crippen LogP contribution in [0, 0.1) is 5.82 Å². The largest absolute Gasteiger partial charge is 0.341 e. The molecule has 5 heteroatoms. The minimum absolute atomic E-state index is 0.0983. The molecule has 2 heterocycles. The predicted octanol–water partition coefficient (Wildman–Crippen LogP) is 3.89. The third-order valence-electron chi connectivity index (χ3n) is 5.53. The summed E-state index contributed by atoms with van der Waals surface area (Å²) in [4.78, 5) is 15.2. The summed E-state index contributed by atoms with van der Waals surface area (Å²) in [6.07, 6.45) is 2.30. The Morgan fingerprint density at radius 2 is 1.83 bits per heavy atom. The van der Waals surface area contributed by atoms with E-state index in [-0.39, 0.29) is 11.6 Å². The molecule has 29 heavy (non-hydrogen) atoms. The number of aromatic nitrogens is 1. The van der Waals surface area contributed by atoms with Crippen molar-refractivity contribution in [2.75, 3.05) is 26.2 Å². The molecule has 1 aromatic heterocycles. The fourth-order valence-corrected chi connectivity index (χ4v) is 3.93. The second-order valence-electron chi connectivity index (χ2n) is 7.50. The summed E-state index contributed by atoms with van der Waals surface area (Å²) in [6.45, 7) is 3.84. The number of ketones is 1. The second-order valence-corrected chi connectivity index (χ2v) is 7.50. The molecule has 1 aliphatic heterocycles. The van der Waals surface area contributed by atoms with Crippen LogP contribution in [0.5, 0.6) is 0 Å². The zero-order chi connectivity index (χ0) is 20.1. The van der Waals surface area contributed by atoms with Gasteiger partial charge in [-0.15, -0.1) is 0 Å². The van der Waals surface area contributed by atoms with E-state index in [1.54, 1.807) is 12.1 Å². The van der Waals surface area contributed by atoms with E-state index in [0.717, 1.165) is 26.2 Å². The Morgan fingerprint density at radius 3 is 2.66 bits per heavy atom. The zero-order valence-electron chi connectivity index (χ0n) is 16.4. The van der Waals surface area contributed by atoms with Gasteiger partial charge in [0.25, 0.3) is 0 Å². The molecule has 4 nitrogen and oxygen atoms in total. The van der Waals surface area contributed by atoms with Crippen molar-refractivity contribution in [3.63, 3.8) is 0 Å². The first-order valence-electron chi connectivity index (χ1n) is 10.1. The van der Waals surface area contributed by atoms with E-state index in [4.69, 9.17) is 0 Å². The van der Waals surface area contributed by atoms with Gasteiger partial charge in [-0.1, -0.05) is 48.5 Å². The number of piperazine rings is 1. The number of Topliss-reactive ketones (excluding diaryl/α,β-unsaturated/α-hetero) is 1. The number of nitrogens with one attached hydrogen (secondary N) is 1. The van der Waals surface area contributed by atoms with Crippen LogP contribution in [0.15, 0.2) is 72.9 Å². The lowest BCUT2D eigenvalue weighted by Crippen LogP contribution is -2.46. The first kappa shape index (κ1) is 19.6. The van der Waals surface area contributed by atoms with Crippen LogP contribution < -0.4 is 5.32 Å². The minimum atomic E-state index is -0.243. The smallest absolute Gasteiger partial charge is 0.180 e. The van der Waals surface area contributed by atoms with Crippen molar-refractivity contribution in [2.45, 2.75) is 19.0 Å². The third kappa shape index (κ3) is 4.81. The third-order valence-corrected chi connectivity index (χ3v) is 5.53. The second kappa shape index (κ2) is 9.16. The van der Waals surface area contributed by atoms with E-state index in [9.17, 15) is 9.18 Å². The lowest BCUT2D eigenvalue weighted by atomic mass is 10.0. The van der Waals surface area contributed by atoms with Crippen molar-refractivity contribution in [1.29, 1.82) is 0 Å². The Morgan fingerprint density at radius 1 is 1.03 bits per heavy atom. The predicted molar refractivity (Wildman–Crippen MR) is 113 cm³/mol. The van der Waals surface area contributed by atoms with Gasteiger partial charge in [0.2, 0.25) is 0 Å². The van der Waals surface area contributed by atoms with Gasteiger partial charge in [-0.3, -0.25) is 9.69 Å². The molecular formula is C24H26FN3O. The highest BCUT2D eigenvalue weighted by molar-refractivity contribution is 5.94. The van der Waals surface area contributed by atoms with Crippen LogP contribution in [0.2, 0.25) is 0 Å². The van der Waals surface area contributed by atoms with Crippen LogP contribution in [0.1, 0.15) is 34.1 Å². The molecule has 0 bridgehead atoms. The van der Waals surface area contributed by atoms with Crippen molar-refractivity contribution in [2.24, 2.45) is 0 Å². The topological polar surface area (TPSA) is 37.3 Å². The summed E-state index contributed by atoms with van der Waals surface area (Å²) >= 11 is 0. The van der Waals surface area contributed by atoms with Crippen molar-refractivity contribution in [3.8, 4) is 0 Å². The Balaban J connectivity index is 1.36. The molecule has 2 aromatic carbocycles. The van der Waals surface area contributed by atoms with Gasteiger partial charge < -0.3 is 9.88 Å². The molecular weight excluding hydrogens is 365 g/mol. The molecule has 1 saturated heterocycles. The van der Waals surface area contributed by atoms with Crippen LogP contribution in [-0.2, 0) is 6.54 Å². The molecule has 0 saturated carbocycles. The molecule has 1 aliphatic rings. The Hall–Kier alpha value is -2.76. The highest BCUT2D eigenvalue weighted by Gasteiger charge is 2.21. The SMILES string of the molecule is O=C(CCN1CCNC(c2ccccc2)C1)c1cccn1Cc1ccccc1F. The summed E-state index contributed by atoms with van der Waals surface area (Å²) in [5, 5.41) is 3.56. The quantitative estimate of drug-likeness (QED) is 0.621. The Bertz CT molecular complexity index is 954. The monoisotopic (exact) mass is 391 g/mol. The minimum Gasteiger partial charge on any atom is -0.341 e. The van der Waals surface area contributed by atoms with Gasteiger partial charge in [0.1, 0.15) is 5.82 Å².